The second-order valence-electron chi connectivity index (χ2n) is 7.81. The Morgan fingerprint density at radius 3 is 2.80 bits per heavy atom. The van der Waals surface area contributed by atoms with Crippen molar-refractivity contribution in [3.05, 3.63) is 35.7 Å². The SMILES string of the molecule is COCCN(CCC(=O)N1CCC(C)CC1)c1nc(Cc2cccc(OC)c2)ns1. The number of hydrogen-bond acceptors (Lipinski definition) is 7. The maximum Gasteiger partial charge on any atom is 0.224 e. The van der Waals surface area contributed by atoms with Gasteiger partial charge < -0.3 is 19.3 Å². The molecule has 0 saturated carbocycles. The molecule has 3 rings (SSSR count). The summed E-state index contributed by atoms with van der Waals surface area (Å²) in [5, 5.41) is 0.838. The van der Waals surface area contributed by atoms with Gasteiger partial charge in [0.2, 0.25) is 11.0 Å². The fourth-order valence-corrected chi connectivity index (χ4v) is 4.30. The first-order valence-electron chi connectivity index (χ1n) is 10.6. The number of aromatic nitrogens is 2. The van der Waals surface area contributed by atoms with Crippen LogP contribution in [0.15, 0.2) is 24.3 Å². The second-order valence-corrected chi connectivity index (χ2v) is 8.54. The molecule has 7 nitrogen and oxygen atoms in total. The van der Waals surface area contributed by atoms with Crippen LogP contribution >= 0.6 is 11.5 Å². The molecule has 2 heterocycles. The predicted octanol–water partition coefficient (Wildman–Crippen LogP) is 3.24. The minimum atomic E-state index is 0.227. The van der Waals surface area contributed by atoms with Crippen LogP contribution in [0.4, 0.5) is 5.13 Å². The second kappa shape index (κ2) is 11.3. The van der Waals surface area contributed by atoms with Crippen LogP contribution in [0.25, 0.3) is 0 Å². The molecular formula is C22H32N4O3S. The number of piperidine rings is 1. The van der Waals surface area contributed by atoms with Crippen LogP contribution in [0.5, 0.6) is 5.75 Å². The van der Waals surface area contributed by atoms with Crippen molar-refractivity contribution < 1.29 is 14.3 Å². The van der Waals surface area contributed by atoms with Gasteiger partial charge in [-0.05, 0) is 36.5 Å². The van der Waals surface area contributed by atoms with Crippen LogP contribution in [0.2, 0.25) is 0 Å². The summed E-state index contributed by atoms with van der Waals surface area (Å²) < 4.78 is 15.1. The van der Waals surface area contributed by atoms with E-state index in [4.69, 9.17) is 14.5 Å². The highest BCUT2D eigenvalue weighted by Crippen LogP contribution is 2.22. The average Bonchev–Trinajstić information content (AvgIpc) is 3.22. The number of nitrogens with zero attached hydrogens (tertiary/aromatic N) is 4. The van der Waals surface area contributed by atoms with Gasteiger partial charge in [-0.15, -0.1) is 0 Å². The molecule has 1 aliphatic heterocycles. The molecule has 0 atom stereocenters. The first-order chi connectivity index (χ1) is 14.6. The molecule has 1 aromatic heterocycles. The van der Waals surface area contributed by atoms with Crippen LogP contribution in [0.1, 0.15) is 37.6 Å². The monoisotopic (exact) mass is 432 g/mol. The van der Waals surface area contributed by atoms with E-state index in [0.29, 0.717) is 32.5 Å². The van der Waals surface area contributed by atoms with Crippen molar-refractivity contribution in [1.29, 1.82) is 0 Å². The summed E-state index contributed by atoms with van der Waals surface area (Å²) in [4.78, 5) is 21.5. The first kappa shape index (κ1) is 22.5. The lowest BCUT2D eigenvalue weighted by Crippen LogP contribution is -2.40. The Morgan fingerprint density at radius 1 is 1.27 bits per heavy atom. The predicted molar refractivity (Wildman–Crippen MR) is 119 cm³/mol. The van der Waals surface area contributed by atoms with Crippen molar-refractivity contribution in [3.63, 3.8) is 0 Å². The summed E-state index contributed by atoms with van der Waals surface area (Å²) in [7, 11) is 3.35. The third-order valence-electron chi connectivity index (χ3n) is 5.52. The van der Waals surface area contributed by atoms with E-state index in [1.165, 1.54) is 11.5 Å². The Hall–Kier alpha value is -2.19. The number of hydrogen-bond donors (Lipinski definition) is 0. The summed E-state index contributed by atoms with van der Waals surface area (Å²) >= 11 is 1.38. The molecule has 0 unspecified atom stereocenters. The van der Waals surface area contributed by atoms with E-state index in [1.807, 2.05) is 29.2 Å². The number of rotatable bonds is 10. The van der Waals surface area contributed by atoms with Gasteiger partial charge in [0.1, 0.15) is 11.6 Å². The molecule has 2 aromatic rings. The minimum absolute atomic E-state index is 0.227. The number of carbonyl (C=O) groups is 1. The van der Waals surface area contributed by atoms with E-state index < -0.39 is 0 Å². The zero-order valence-corrected chi connectivity index (χ0v) is 19.0. The molecule has 1 aliphatic rings. The molecule has 1 saturated heterocycles. The van der Waals surface area contributed by atoms with Crippen molar-refractivity contribution in [3.8, 4) is 5.75 Å². The van der Waals surface area contributed by atoms with Gasteiger partial charge in [-0.3, -0.25) is 4.79 Å². The molecule has 0 radical (unpaired) electrons. The molecule has 0 spiro atoms. The maximum absolute atomic E-state index is 12.6. The zero-order chi connectivity index (χ0) is 21.3. The largest absolute Gasteiger partial charge is 0.497 e. The number of methoxy groups -OCH3 is 2. The topological polar surface area (TPSA) is 67.8 Å². The fraction of sp³-hybridized carbons (Fsp3) is 0.591. The quantitative estimate of drug-likeness (QED) is 0.574. The van der Waals surface area contributed by atoms with Gasteiger partial charge in [0.25, 0.3) is 0 Å². The molecule has 1 fully saturated rings. The standard InChI is InChI=1S/C22H32N4O3S/c1-17-7-10-25(11-8-17)21(27)9-12-26(13-14-28-2)22-23-20(24-30-22)16-18-5-4-6-19(15-18)29-3/h4-6,15,17H,7-14,16H2,1-3H3. The van der Waals surface area contributed by atoms with Crippen molar-refractivity contribution in [2.24, 2.45) is 5.92 Å². The molecular weight excluding hydrogens is 400 g/mol. The Morgan fingerprint density at radius 2 is 2.07 bits per heavy atom. The first-order valence-corrected chi connectivity index (χ1v) is 11.3. The zero-order valence-electron chi connectivity index (χ0n) is 18.2. The Balaban J connectivity index is 1.60. The number of carbonyl (C=O) groups excluding carboxylic acids is 1. The van der Waals surface area contributed by atoms with Crippen LogP contribution in [0.3, 0.4) is 0 Å². The van der Waals surface area contributed by atoms with E-state index in [0.717, 1.165) is 54.1 Å². The Kier molecular flexibility index (Phi) is 8.45. The van der Waals surface area contributed by atoms with Gasteiger partial charge in [-0.2, -0.15) is 4.37 Å². The van der Waals surface area contributed by atoms with Crippen LogP contribution in [0, 0.1) is 5.92 Å². The van der Waals surface area contributed by atoms with Gasteiger partial charge in [-0.25, -0.2) is 4.98 Å². The highest BCUT2D eigenvalue weighted by atomic mass is 32.1. The Bertz CT molecular complexity index is 805. The van der Waals surface area contributed by atoms with Gasteiger partial charge in [-0.1, -0.05) is 19.1 Å². The Labute approximate surface area is 183 Å². The molecule has 8 heteroatoms. The van der Waals surface area contributed by atoms with E-state index >= 15 is 0 Å². The summed E-state index contributed by atoms with van der Waals surface area (Å²) in [6.07, 6.45) is 3.34. The van der Waals surface area contributed by atoms with Crippen LogP contribution < -0.4 is 9.64 Å². The van der Waals surface area contributed by atoms with Crippen LogP contribution in [-0.2, 0) is 16.0 Å². The summed E-state index contributed by atoms with van der Waals surface area (Å²) in [5.41, 5.74) is 1.11. The van der Waals surface area contributed by atoms with E-state index in [1.54, 1.807) is 14.2 Å². The highest BCUT2D eigenvalue weighted by Gasteiger charge is 2.21. The maximum atomic E-state index is 12.6. The lowest BCUT2D eigenvalue weighted by atomic mass is 9.99. The fourth-order valence-electron chi connectivity index (χ4n) is 3.56. The molecule has 30 heavy (non-hydrogen) atoms. The lowest BCUT2D eigenvalue weighted by Gasteiger charge is -2.31. The number of ether oxygens (including phenoxy) is 2. The van der Waals surface area contributed by atoms with Crippen molar-refractivity contribution in [2.45, 2.75) is 32.6 Å². The highest BCUT2D eigenvalue weighted by molar-refractivity contribution is 7.09. The van der Waals surface area contributed by atoms with Gasteiger partial charge >= 0.3 is 0 Å². The molecule has 0 N–H and O–H groups in total. The minimum Gasteiger partial charge on any atom is -0.497 e. The summed E-state index contributed by atoms with van der Waals surface area (Å²) in [6, 6.07) is 7.95. The molecule has 164 valence electrons. The average molecular weight is 433 g/mol. The van der Waals surface area contributed by atoms with Gasteiger partial charge in [0.15, 0.2) is 0 Å². The van der Waals surface area contributed by atoms with Gasteiger partial charge in [0.05, 0.1) is 13.7 Å². The van der Waals surface area contributed by atoms with E-state index in [-0.39, 0.29) is 5.91 Å². The summed E-state index contributed by atoms with van der Waals surface area (Å²) in [6.45, 7) is 5.91. The number of anilines is 1. The van der Waals surface area contributed by atoms with E-state index in [2.05, 4.69) is 16.2 Å². The van der Waals surface area contributed by atoms with Crippen molar-refractivity contribution >= 4 is 22.6 Å². The lowest BCUT2D eigenvalue weighted by molar-refractivity contribution is -0.132. The third kappa shape index (κ3) is 6.40. The molecule has 0 aliphatic carbocycles. The van der Waals surface area contributed by atoms with Crippen molar-refractivity contribution in [1.82, 2.24) is 14.3 Å². The molecule has 0 bridgehead atoms. The number of amides is 1. The van der Waals surface area contributed by atoms with E-state index in [9.17, 15) is 4.79 Å². The smallest absolute Gasteiger partial charge is 0.224 e. The number of likely N-dealkylation sites (tertiary alicyclic amines) is 1. The van der Waals surface area contributed by atoms with Crippen LogP contribution in [-0.4, -0.2) is 67.2 Å². The van der Waals surface area contributed by atoms with Gasteiger partial charge in [0, 0.05) is 57.7 Å². The normalized spacial score (nSPS) is 14.7. The molecule has 1 amide bonds. The third-order valence-corrected chi connectivity index (χ3v) is 6.34. The summed E-state index contributed by atoms with van der Waals surface area (Å²) in [5.74, 6) is 2.55. The molecule has 1 aromatic carbocycles. The van der Waals surface area contributed by atoms with Crippen molar-refractivity contribution in [2.75, 3.05) is 51.9 Å². The number of benzene rings is 1.